The van der Waals surface area contributed by atoms with Crippen molar-refractivity contribution in [3.8, 4) is 0 Å². The maximum atomic E-state index is 2.49. The van der Waals surface area contributed by atoms with E-state index in [4.69, 9.17) is 0 Å². The number of fused-ring (bicyclic) bond motifs is 1. The van der Waals surface area contributed by atoms with Crippen LogP contribution in [0.2, 0.25) is 0 Å². The van der Waals surface area contributed by atoms with Crippen molar-refractivity contribution < 1.29 is 0 Å². The van der Waals surface area contributed by atoms with Crippen molar-refractivity contribution in [1.29, 1.82) is 0 Å². The lowest BCUT2D eigenvalue weighted by molar-refractivity contribution is 0.219. The summed E-state index contributed by atoms with van der Waals surface area (Å²) < 4.78 is 0. The molecule has 0 amide bonds. The molecule has 0 aromatic heterocycles. The van der Waals surface area contributed by atoms with Crippen molar-refractivity contribution in [3.63, 3.8) is 0 Å². The predicted molar refractivity (Wildman–Crippen MR) is 57.6 cm³/mol. The molecule has 2 unspecified atom stereocenters. The van der Waals surface area contributed by atoms with E-state index in [1.54, 1.807) is 0 Å². The number of hydrogen-bond donors (Lipinski definition) is 0. The SMILES string of the molecule is CC(C)=CCC1(C)CC2CCC2C1. The predicted octanol–water partition coefficient (Wildman–Crippen LogP) is 4.17. The van der Waals surface area contributed by atoms with Crippen LogP contribution >= 0.6 is 0 Å². The zero-order chi connectivity index (χ0) is 9.47. The first-order valence-electron chi connectivity index (χ1n) is 5.72. The van der Waals surface area contributed by atoms with Gasteiger partial charge in [-0.25, -0.2) is 0 Å². The molecule has 0 aliphatic heterocycles. The Balaban J connectivity index is 1.94. The fourth-order valence-electron chi connectivity index (χ4n) is 3.14. The van der Waals surface area contributed by atoms with Gasteiger partial charge in [0.15, 0.2) is 0 Å². The molecule has 2 rings (SSSR count). The zero-order valence-electron chi connectivity index (χ0n) is 9.27. The molecular formula is C13H22. The van der Waals surface area contributed by atoms with Crippen molar-refractivity contribution in [1.82, 2.24) is 0 Å². The summed E-state index contributed by atoms with van der Waals surface area (Å²) in [4.78, 5) is 0. The molecule has 0 spiro atoms. The van der Waals surface area contributed by atoms with Crippen LogP contribution in [0, 0.1) is 17.3 Å². The minimum absolute atomic E-state index is 0.656. The number of allylic oxidation sites excluding steroid dienone is 2. The Bertz CT molecular complexity index is 208. The molecule has 2 saturated carbocycles. The molecule has 0 nitrogen and oxygen atoms in total. The molecule has 0 heterocycles. The maximum absolute atomic E-state index is 2.49. The fourth-order valence-corrected chi connectivity index (χ4v) is 3.14. The molecule has 0 aromatic carbocycles. The minimum atomic E-state index is 0.656. The third-order valence-corrected chi connectivity index (χ3v) is 4.09. The van der Waals surface area contributed by atoms with E-state index in [0.29, 0.717) is 5.41 Å². The number of hydrogen-bond acceptors (Lipinski definition) is 0. The van der Waals surface area contributed by atoms with Crippen molar-refractivity contribution in [2.75, 3.05) is 0 Å². The molecule has 2 aliphatic rings. The van der Waals surface area contributed by atoms with Gasteiger partial charge in [-0.05, 0) is 63.2 Å². The molecule has 0 bridgehead atoms. The summed E-state index contributed by atoms with van der Waals surface area (Å²) in [7, 11) is 0. The van der Waals surface area contributed by atoms with Gasteiger partial charge in [0.2, 0.25) is 0 Å². The third kappa shape index (κ3) is 1.82. The number of rotatable bonds is 2. The van der Waals surface area contributed by atoms with Crippen LogP contribution in [0.15, 0.2) is 11.6 Å². The first-order chi connectivity index (χ1) is 6.09. The highest BCUT2D eigenvalue weighted by Crippen LogP contribution is 2.56. The highest BCUT2D eigenvalue weighted by molar-refractivity contribution is 5.03. The summed E-state index contributed by atoms with van der Waals surface area (Å²) in [5, 5.41) is 0. The van der Waals surface area contributed by atoms with Crippen LogP contribution < -0.4 is 0 Å². The van der Waals surface area contributed by atoms with Gasteiger partial charge in [0.05, 0.1) is 0 Å². The molecule has 2 aliphatic carbocycles. The highest BCUT2D eigenvalue weighted by atomic mass is 14.5. The molecular weight excluding hydrogens is 156 g/mol. The molecule has 13 heavy (non-hydrogen) atoms. The monoisotopic (exact) mass is 178 g/mol. The van der Waals surface area contributed by atoms with E-state index >= 15 is 0 Å². The van der Waals surface area contributed by atoms with Gasteiger partial charge < -0.3 is 0 Å². The quantitative estimate of drug-likeness (QED) is 0.557. The Morgan fingerprint density at radius 2 is 1.77 bits per heavy atom. The zero-order valence-corrected chi connectivity index (χ0v) is 9.27. The third-order valence-electron chi connectivity index (χ3n) is 4.09. The molecule has 0 N–H and O–H groups in total. The van der Waals surface area contributed by atoms with Crippen molar-refractivity contribution in [3.05, 3.63) is 11.6 Å². The van der Waals surface area contributed by atoms with Gasteiger partial charge in [0.1, 0.15) is 0 Å². The normalized spacial score (nSPS) is 42.4. The topological polar surface area (TPSA) is 0 Å². The largest absolute Gasteiger partial charge is 0.0853 e. The van der Waals surface area contributed by atoms with Gasteiger partial charge in [0.25, 0.3) is 0 Å². The highest BCUT2D eigenvalue weighted by Gasteiger charge is 2.45. The second-order valence-corrected chi connectivity index (χ2v) is 5.80. The summed E-state index contributed by atoms with van der Waals surface area (Å²) >= 11 is 0. The van der Waals surface area contributed by atoms with Crippen LogP contribution in [0.3, 0.4) is 0 Å². The average Bonchev–Trinajstić information content (AvgIpc) is 2.26. The molecule has 2 fully saturated rings. The van der Waals surface area contributed by atoms with Crippen LogP contribution in [0.4, 0.5) is 0 Å². The fraction of sp³-hybridized carbons (Fsp3) is 0.846. The summed E-state index contributed by atoms with van der Waals surface area (Å²) in [6, 6.07) is 0. The average molecular weight is 178 g/mol. The Morgan fingerprint density at radius 1 is 1.23 bits per heavy atom. The van der Waals surface area contributed by atoms with Crippen LogP contribution in [0.1, 0.15) is 52.9 Å². The van der Waals surface area contributed by atoms with E-state index in [2.05, 4.69) is 26.8 Å². The molecule has 0 radical (unpaired) electrons. The lowest BCUT2D eigenvalue weighted by Gasteiger charge is -2.29. The smallest absolute Gasteiger partial charge is 0.0286 e. The Labute approximate surface area is 82.4 Å². The summed E-state index contributed by atoms with van der Waals surface area (Å²) in [6.45, 7) is 6.92. The second-order valence-electron chi connectivity index (χ2n) is 5.80. The second kappa shape index (κ2) is 3.15. The van der Waals surface area contributed by atoms with Crippen molar-refractivity contribution in [2.45, 2.75) is 52.9 Å². The lowest BCUT2D eigenvalue weighted by atomic mass is 9.77. The minimum Gasteiger partial charge on any atom is -0.0853 e. The van der Waals surface area contributed by atoms with E-state index in [1.165, 1.54) is 37.7 Å². The van der Waals surface area contributed by atoms with E-state index in [0.717, 1.165) is 11.8 Å². The lowest BCUT2D eigenvalue weighted by Crippen LogP contribution is -2.18. The van der Waals surface area contributed by atoms with Gasteiger partial charge in [-0.15, -0.1) is 0 Å². The Kier molecular flexibility index (Phi) is 2.25. The van der Waals surface area contributed by atoms with Crippen molar-refractivity contribution in [2.24, 2.45) is 17.3 Å². The first-order valence-corrected chi connectivity index (χ1v) is 5.72. The van der Waals surface area contributed by atoms with Crippen molar-refractivity contribution >= 4 is 0 Å². The summed E-state index contributed by atoms with van der Waals surface area (Å²) in [5.74, 6) is 2.21. The molecule has 0 aromatic rings. The van der Waals surface area contributed by atoms with E-state index < -0.39 is 0 Å². The van der Waals surface area contributed by atoms with Gasteiger partial charge in [-0.2, -0.15) is 0 Å². The van der Waals surface area contributed by atoms with Gasteiger partial charge in [-0.3, -0.25) is 0 Å². The van der Waals surface area contributed by atoms with Gasteiger partial charge >= 0.3 is 0 Å². The van der Waals surface area contributed by atoms with Crippen LogP contribution in [0.5, 0.6) is 0 Å². The Hall–Kier alpha value is -0.260. The van der Waals surface area contributed by atoms with Crippen LogP contribution in [0.25, 0.3) is 0 Å². The van der Waals surface area contributed by atoms with Gasteiger partial charge in [0, 0.05) is 0 Å². The molecule has 0 heteroatoms. The first kappa shape index (κ1) is 9.30. The summed E-state index contributed by atoms with van der Waals surface area (Å²) in [6.07, 6.45) is 9.81. The van der Waals surface area contributed by atoms with Crippen LogP contribution in [-0.4, -0.2) is 0 Å². The van der Waals surface area contributed by atoms with E-state index in [-0.39, 0.29) is 0 Å². The van der Waals surface area contributed by atoms with Crippen LogP contribution in [-0.2, 0) is 0 Å². The molecule has 74 valence electrons. The van der Waals surface area contributed by atoms with E-state index in [1.807, 2.05) is 0 Å². The molecule has 2 atom stereocenters. The standard InChI is InChI=1S/C13H22/c1-10(2)6-7-13(3)8-11-4-5-12(11)9-13/h6,11-12H,4-5,7-9H2,1-3H3. The van der Waals surface area contributed by atoms with E-state index in [9.17, 15) is 0 Å². The Morgan fingerprint density at radius 3 is 2.15 bits per heavy atom. The molecule has 0 saturated heterocycles. The summed E-state index contributed by atoms with van der Waals surface area (Å²) in [5.41, 5.74) is 2.14. The van der Waals surface area contributed by atoms with Gasteiger partial charge in [-0.1, -0.05) is 18.6 Å². The maximum Gasteiger partial charge on any atom is -0.0286 e.